The van der Waals surface area contributed by atoms with Gasteiger partial charge in [-0.15, -0.1) is 11.3 Å². The van der Waals surface area contributed by atoms with E-state index in [9.17, 15) is 4.79 Å². The van der Waals surface area contributed by atoms with E-state index in [1.165, 1.54) is 4.70 Å². The lowest BCUT2D eigenvalue weighted by molar-refractivity contribution is -0.133. The predicted octanol–water partition coefficient (Wildman–Crippen LogP) is 4.36. The average molecular weight is 391 g/mol. The molecule has 1 aliphatic heterocycles. The second-order valence-electron chi connectivity index (χ2n) is 7.43. The lowest BCUT2D eigenvalue weighted by Crippen LogP contribution is -2.40. The molecule has 5 nitrogen and oxygen atoms in total. The van der Waals surface area contributed by atoms with Gasteiger partial charge in [0, 0.05) is 19.0 Å². The molecule has 1 aliphatic rings. The summed E-state index contributed by atoms with van der Waals surface area (Å²) >= 11 is 1.76. The van der Waals surface area contributed by atoms with E-state index in [1.54, 1.807) is 11.3 Å². The number of likely N-dealkylation sites (tertiary alicyclic amines) is 1. The van der Waals surface area contributed by atoms with Crippen molar-refractivity contribution in [2.45, 2.75) is 32.2 Å². The number of nitrogens with zero attached hydrogens (tertiary/aromatic N) is 4. The summed E-state index contributed by atoms with van der Waals surface area (Å²) in [6, 6.07) is 16.3. The van der Waals surface area contributed by atoms with Crippen LogP contribution in [-0.2, 0) is 11.3 Å². The first-order chi connectivity index (χ1) is 13.7. The van der Waals surface area contributed by atoms with Gasteiger partial charge in [0.1, 0.15) is 12.4 Å². The Morgan fingerprint density at radius 2 is 1.89 bits per heavy atom. The van der Waals surface area contributed by atoms with Gasteiger partial charge in [-0.05, 0) is 44.0 Å². The van der Waals surface area contributed by atoms with Crippen molar-refractivity contribution in [3.8, 4) is 0 Å². The molecule has 0 radical (unpaired) electrons. The number of thiazole rings is 1. The quantitative estimate of drug-likeness (QED) is 0.522. The molecule has 0 aliphatic carbocycles. The molecule has 6 heteroatoms. The molecule has 2 aromatic carbocycles. The summed E-state index contributed by atoms with van der Waals surface area (Å²) in [7, 11) is 0. The van der Waals surface area contributed by atoms with Crippen LogP contribution < -0.4 is 0 Å². The van der Waals surface area contributed by atoms with Gasteiger partial charge in [0.05, 0.1) is 26.3 Å². The fraction of sp³-hybridized carbons (Fsp3) is 0.318. The second-order valence-corrected chi connectivity index (χ2v) is 8.49. The summed E-state index contributed by atoms with van der Waals surface area (Å²) in [6.07, 6.45) is 2.12. The van der Waals surface area contributed by atoms with Gasteiger partial charge < -0.3 is 9.47 Å². The number of para-hydroxylation sites is 3. The zero-order valence-electron chi connectivity index (χ0n) is 15.8. The van der Waals surface area contributed by atoms with Crippen molar-refractivity contribution in [3.63, 3.8) is 0 Å². The molecule has 4 aromatic rings. The number of carbonyl (C=O) groups excluding carboxylic acids is 1. The normalized spacial score (nSPS) is 17.5. The Kier molecular flexibility index (Phi) is 4.36. The van der Waals surface area contributed by atoms with Gasteiger partial charge in [-0.25, -0.2) is 9.97 Å². The summed E-state index contributed by atoms with van der Waals surface area (Å²) in [6.45, 7) is 3.89. The Morgan fingerprint density at radius 1 is 1.11 bits per heavy atom. The van der Waals surface area contributed by atoms with Gasteiger partial charge in [0.15, 0.2) is 0 Å². The van der Waals surface area contributed by atoms with Crippen LogP contribution in [0.1, 0.15) is 29.6 Å². The van der Waals surface area contributed by atoms with Crippen molar-refractivity contribution in [1.29, 1.82) is 0 Å². The maximum absolute atomic E-state index is 13.1. The van der Waals surface area contributed by atoms with Gasteiger partial charge in [0.25, 0.3) is 0 Å². The van der Waals surface area contributed by atoms with Crippen LogP contribution in [-0.4, -0.2) is 38.4 Å². The van der Waals surface area contributed by atoms with Crippen LogP contribution in [0.2, 0.25) is 0 Å². The number of carbonyl (C=O) groups is 1. The summed E-state index contributed by atoms with van der Waals surface area (Å²) in [5.74, 6) is 1.38. The highest BCUT2D eigenvalue weighted by Crippen LogP contribution is 2.33. The minimum atomic E-state index is 0.164. The van der Waals surface area contributed by atoms with E-state index in [0.717, 1.165) is 53.3 Å². The fourth-order valence-corrected chi connectivity index (χ4v) is 5.19. The third kappa shape index (κ3) is 3.07. The zero-order chi connectivity index (χ0) is 19.1. The average Bonchev–Trinajstić information content (AvgIpc) is 3.29. The summed E-state index contributed by atoms with van der Waals surface area (Å²) in [5.41, 5.74) is 3.03. The summed E-state index contributed by atoms with van der Waals surface area (Å²) in [5, 5.41) is 1.16. The number of hydrogen-bond donors (Lipinski definition) is 0. The standard InChI is InChI=1S/C22H22N4OS/c1-15-23-17-8-2-4-10-19(17)26(15)14-21(27)25-12-6-7-16(13-25)22-24-18-9-3-5-11-20(18)28-22/h2-5,8-11,16H,6-7,12-14H2,1H3/t16-/m0/s1. The van der Waals surface area contributed by atoms with Crippen LogP contribution >= 0.6 is 11.3 Å². The van der Waals surface area contributed by atoms with Gasteiger partial charge in [-0.1, -0.05) is 24.3 Å². The third-order valence-electron chi connectivity index (χ3n) is 5.57. The van der Waals surface area contributed by atoms with Gasteiger partial charge >= 0.3 is 0 Å². The van der Waals surface area contributed by atoms with E-state index >= 15 is 0 Å². The fourth-order valence-electron chi connectivity index (χ4n) is 4.10. The first-order valence-corrected chi connectivity index (χ1v) is 10.6. The van der Waals surface area contributed by atoms with E-state index in [-0.39, 0.29) is 5.91 Å². The van der Waals surface area contributed by atoms with E-state index in [0.29, 0.717) is 12.5 Å². The third-order valence-corrected chi connectivity index (χ3v) is 6.77. The van der Waals surface area contributed by atoms with Gasteiger partial charge in [0.2, 0.25) is 5.91 Å². The van der Waals surface area contributed by atoms with Gasteiger partial charge in [-0.2, -0.15) is 0 Å². The number of aryl methyl sites for hydroxylation is 1. The molecule has 1 fully saturated rings. The molecule has 3 heterocycles. The molecule has 1 saturated heterocycles. The number of piperidine rings is 1. The number of rotatable bonds is 3. The molecule has 0 saturated carbocycles. The number of amides is 1. The van der Waals surface area contributed by atoms with E-state index in [1.807, 2.05) is 46.7 Å². The van der Waals surface area contributed by atoms with Crippen LogP contribution in [0.15, 0.2) is 48.5 Å². The maximum atomic E-state index is 13.1. The zero-order valence-corrected chi connectivity index (χ0v) is 16.7. The van der Waals surface area contributed by atoms with E-state index in [2.05, 4.69) is 23.2 Å². The Morgan fingerprint density at radius 3 is 2.75 bits per heavy atom. The van der Waals surface area contributed by atoms with Crippen molar-refractivity contribution >= 4 is 38.5 Å². The number of benzene rings is 2. The second kappa shape index (κ2) is 7.02. The van der Waals surface area contributed by atoms with Crippen molar-refractivity contribution in [3.05, 3.63) is 59.4 Å². The van der Waals surface area contributed by atoms with Crippen molar-refractivity contribution in [1.82, 2.24) is 19.4 Å². The molecule has 2 aromatic heterocycles. The Bertz CT molecular complexity index is 1130. The molecule has 0 unspecified atom stereocenters. The number of aromatic nitrogens is 3. The molecular formula is C22H22N4OS. The Balaban J connectivity index is 1.35. The van der Waals surface area contributed by atoms with Crippen LogP contribution in [0.4, 0.5) is 0 Å². The number of imidazole rings is 1. The SMILES string of the molecule is Cc1nc2ccccc2n1CC(=O)N1CCC[C@H](c2nc3ccccc3s2)C1. The van der Waals surface area contributed by atoms with Crippen molar-refractivity contribution in [2.75, 3.05) is 13.1 Å². The lowest BCUT2D eigenvalue weighted by atomic mass is 9.98. The van der Waals surface area contributed by atoms with Crippen LogP contribution in [0, 0.1) is 6.92 Å². The molecule has 0 spiro atoms. The van der Waals surface area contributed by atoms with E-state index in [4.69, 9.17) is 4.98 Å². The molecule has 1 atom stereocenters. The van der Waals surface area contributed by atoms with Crippen molar-refractivity contribution in [2.24, 2.45) is 0 Å². The molecule has 5 rings (SSSR count). The van der Waals surface area contributed by atoms with Crippen LogP contribution in [0.5, 0.6) is 0 Å². The van der Waals surface area contributed by atoms with Crippen LogP contribution in [0.25, 0.3) is 21.3 Å². The number of hydrogen-bond acceptors (Lipinski definition) is 4. The molecule has 28 heavy (non-hydrogen) atoms. The maximum Gasteiger partial charge on any atom is 0.242 e. The summed E-state index contributed by atoms with van der Waals surface area (Å²) in [4.78, 5) is 24.5. The van der Waals surface area contributed by atoms with E-state index < -0.39 is 0 Å². The Hall–Kier alpha value is -2.73. The molecule has 0 bridgehead atoms. The first kappa shape index (κ1) is 17.4. The smallest absolute Gasteiger partial charge is 0.242 e. The number of fused-ring (bicyclic) bond motifs is 2. The van der Waals surface area contributed by atoms with Gasteiger partial charge in [-0.3, -0.25) is 4.79 Å². The summed E-state index contributed by atoms with van der Waals surface area (Å²) < 4.78 is 3.25. The minimum Gasteiger partial charge on any atom is -0.340 e. The largest absolute Gasteiger partial charge is 0.340 e. The predicted molar refractivity (Wildman–Crippen MR) is 113 cm³/mol. The highest BCUT2D eigenvalue weighted by Gasteiger charge is 2.27. The molecule has 1 amide bonds. The monoisotopic (exact) mass is 390 g/mol. The Labute approximate surface area is 167 Å². The van der Waals surface area contributed by atoms with Crippen molar-refractivity contribution < 1.29 is 4.79 Å². The van der Waals surface area contributed by atoms with Crippen LogP contribution in [0.3, 0.4) is 0 Å². The molecule has 0 N–H and O–H groups in total. The molecule has 142 valence electrons. The highest BCUT2D eigenvalue weighted by atomic mass is 32.1. The lowest BCUT2D eigenvalue weighted by Gasteiger charge is -2.32. The topological polar surface area (TPSA) is 51.0 Å². The first-order valence-electron chi connectivity index (χ1n) is 9.74. The molecular weight excluding hydrogens is 368 g/mol. The minimum absolute atomic E-state index is 0.164. The highest BCUT2D eigenvalue weighted by molar-refractivity contribution is 7.18.